The van der Waals surface area contributed by atoms with Crippen LogP contribution in [-0.4, -0.2) is 55.3 Å². The molecule has 0 unspecified atom stereocenters. The fourth-order valence-electron chi connectivity index (χ4n) is 3.15. The highest BCUT2D eigenvalue weighted by Crippen LogP contribution is 2.35. The van der Waals surface area contributed by atoms with E-state index in [0.29, 0.717) is 56.0 Å². The van der Waals surface area contributed by atoms with Crippen molar-refractivity contribution in [2.24, 2.45) is 0 Å². The largest absolute Gasteiger partial charge is 0.487 e. The van der Waals surface area contributed by atoms with Gasteiger partial charge in [-0.05, 0) is 12.1 Å². The number of benzene rings is 1. The van der Waals surface area contributed by atoms with E-state index in [4.69, 9.17) is 9.47 Å². The summed E-state index contributed by atoms with van der Waals surface area (Å²) in [4.78, 5) is 33.5. The van der Waals surface area contributed by atoms with Gasteiger partial charge in [0.25, 0.3) is 5.56 Å². The number of aromatic nitrogens is 2. The Kier molecular flexibility index (Phi) is 4.93. The van der Waals surface area contributed by atoms with Gasteiger partial charge in [0.05, 0.1) is 31.0 Å². The quantitative estimate of drug-likeness (QED) is 0.722. The summed E-state index contributed by atoms with van der Waals surface area (Å²) in [5.74, 6) is 1.24. The number of para-hydroxylation sites is 1. The van der Waals surface area contributed by atoms with Crippen molar-refractivity contribution in [2.75, 3.05) is 55.0 Å². The summed E-state index contributed by atoms with van der Waals surface area (Å²) in [6, 6.07) is 6.97. The van der Waals surface area contributed by atoms with Gasteiger partial charge in [-0.2, -0.15) is 0 Å². The first-order chi connectivity index (χ1) is 13.2. The Labute approximate surface area is 155 Å². The predicted molar refractivity (Wildman–Crippen MR) is 101 cm³/mol. The maximum Gasteiger partial charge on any atom is 0.252 e. The van der Waals surface area contributed by atoms with Crippen LogP contribution in [0.5, 0.6) is 5.75 Å². The number of anilines is 3. The Morgan fingerprint density at radius 1 is 1.26 bits per heavy atom. The average Bonchev–Trinajstić information content (AvgIpc) is 2.68. The zero-order valence-corrected chi connectivity index (χ0v) is 14.8. The van der Waals surface area contributed by atoms with Crippen LogP contribution in [0, 0.1) is 0 Å². The average molecular weight is 371 g/mol. The molecule has 0 radical (unpaired) electrons. The van der Waals surface area contributed by atoms with Crippen LogP contribution in [0.15, 0.2) is 29.1 Å². The van der Waals surface area contributed by atoms with Gasteiger partial charge < -0.3 is 30.0 Å². The molecule has 1 fully saturated rings. The summed E-state index contributed by atoms with van der Waals surface area (Å²) >= 11 is 0. The van der Waals surface area contributed by atoms with Gasteiger partial charge in [-0.15, -0.1) is 0 Å². The molecule has 9 heteroatoms. The molecular weight excluding hydrogens is 350 g/mol. The molecule has 4 rings (SSSR count). The Balaban J connectivity index is 1.48. The first-order valence-corrected chi connectivity index (χ1v) is 8.91. The molecule has 0 aliphatic carbocycles. The van der Waals surface area contributed by atoms with E-state index >= 15 is 0 Å². The van der Waals surface area contributed by atoms with Crippen LogP contribution in [0.25, 0.3) is 0 Å². The standard InChI is InChI=1S/C18H21N5O4/c24-16(20-13-3-1-2-12-18(13)27-7-4-19-12)10-14-21-15(11-17(25)22-14)23-5-8-26-9-6-23/h1-3,11,19H,4-10H2,(H,20,24)(H,21,22,25). The first kappa shape index (κ1) is 17.3. The van der Waals surface area contributed by atoms with Crippen LogP contribution >= 0.6 is 0 Å². The van der Waals surface area contributed by atoms with Crippen molar-refractivity contribution in [3.8, 4) is 5.75 Å². The number of carbonyl (C=O) groups excluding carboxylic acids is 1. The molecule has 0 atom stereocenters. The highest BCUT2D eigenvalue weighted by Gasteiger charge is 2.18. The number of hydrogen-bond donors (Lipinski definition) is 3. The van der Waals surface area contributed by atoms with Crippen LogP contribution in [-0.2, 0) is 16.0 Å². The van der Waals surface area contributed by atoms with Crippen molar-refractivity contribution in [3.63, 3.8) is 0 Å². The van der Waals surface area contributed by atoms with E-state index in [1.807, 2.05) is 17.0 Å². The smallest absolute Gasteiger partial charge is 0.252 e. The van der Waals surface area contributed by atoms with Gasteiger partial charge in [-0.25, -0.2) is 4.98 Å². The second-order valence-electron chi connectivity index (χ2n) is 6.33. The third kappa shape index (κ3) is 4.03. The van der Waals surface area contributed by atoms with E-state index in [9.17, 15) is 9.59 Å². The Hall–Kier alpha value is -3.07. The fraction of sp³-hybridized carbons (Fsp3) is 0.389. The van der Waals surface area contributed by atoms with Gasteiger partial charge in [0, 0.05) is 25.7 Å². The Morgan fingerprint density at radius 2 is 2.11 bits per heavy atom. The number of carbonyl (C=O) groups is 1. The van der Waals surface area contributed by atoms with Crippen LogP contribution in [0.1, 0.15) is 5.82 Å². The molecule has 2 aliphatic heterocycles. The minimum Gasteiger partial charge on any atom is -0.487 e. The second-order valence-corrected chi connectivity index (χ2v) is 6.33. The number of hydrogen-bond acceptors (Lipinski definition) is 7. The van der Waals surface area contributed by atoms with Crippen molar-refractivity contribution in [1.82, 2.24) is 9.97 Å². The number of nitrogens with zero attached hydrogens (tertiary/aromatic N) is 2. The number of amides is 1. The lowest BCUT2D eigenvalue weighted by Gasteiger charge is -2.27. The summed E-state index contributed by atoms with van der Waals surface area (Å²) in [6.45, 7) is 3.79. The molecule has 0 saturated carbocycles. The van der Waals surface area contributed by atoms with Crippen molar-refractivity contribution >= 4 is 23.1 Å². The number of aromatic amines is 1. The molecule has 27 heavy (non-hydrogen) atoms. The first-order valence-electron chi connectivity index (χ1n) is 8.91. The summed E-state index contributed by atoms with van der Waals surface area (Å²) in [7, 11) is 0. The third-order valence-electron chi connectivity index (χ3n) is 4.39. The third-order valence-corrected chi connectivity index (χ3v) is 4.39. The minimum absolute atomic E-state index is 0.0372. The molecule has 142 valence electrons. The number of nitrogens with one attached hydrogen (secondary N) is 3. The van der Waals surface area contributed by atoms with Gasteiger partial charge in [-0.3, -0.25) is 9.59 Å². The number of morpholine rings is 1. The SMILES string of the molecule is O=C(Cc1nc(N2CCOCC2)cc(=O)[nH]1)Nc1cccc2c1OCCN2. The molecule has 0 spiro atoms. The molecule has 1 amide bonds. The maximum absolute atomic E-state index is 12.5. The zero-order chi connectivity index (χ0) is 18.6. The molecule has 2 aromatic rings. The van der Waals surface area contributed by atoms with Gasteiger partial charge in [0.15, 0.2) is 5.75 Å². The number of fused-ring (bicyclic) bond motifs is 1. The molecule has 9 nitrogen and oxygen atoms in total. The molecule has 0 bridgehead atoms. The van der Waals surface area contributed by atoms with Gasteiger partial charge in [0.2, 0.25) is 5.91 Å². The van der Waals surface area contributed by atoms with Gasteiger partial charge in [-0.1, -0.05) is 6.07 Å². The maximum atomic E-state index is 12.5. The number of rotatable bonds is 4. The van der Waals surface area contributed by atoms with Crippen LogP contribution < -0.4 is 25.8 Å². The topological polar surface area (TPSA) is 109 Å². The Morgan fingerprint density at radius 3 is 2.96 bits per heavy atom. The van der Waals surface area contributed by atoms with E-state index in [2.05, 4.69) is 20.6 Å². The monoisotopic (exact) mass is 371 g/mol. The van der Waals surface area contributed by atoms with Gasteiger partial charge in [0.1, 0.15) is 18.2 Å². The summed E-state index contributed by atoms with van der Waals surface area (Å²) in [5.41, 5.74) is 1.16. The molecule has 1 aromatic carbocycles. The van der Waals surface area contributed by atoms with E-state index in [0.717, 1.165) is 12.2 Å². The Bertz CT molecular complexity index is 892. The van der Waals surface area contributed by atoms with Crippen molar-refractivity contribution < 1.29 is 14.3 Å². The highest BCUT2D eigenvalue weighted by atomic mass is 16.5. The van der Waals surface area contributed by atoms with Crippen LogP contribution in [0.2, 0.25) is 0 Å². The second kappa shape index (κ2) is 7.67. The summed E-state index contributed by atoms with van der Waals surface area (Å²) < 4.78 is 11.0. The van der Waals surface area contributed by atoms with Crippen LogP contribution in [0.4, 0.5) is 17.2 Å². The molecule has 1 aromatic heterocycles. The molecule has 3 N–H and O–H groups in total. The van der Waals surface area contributed by atoms with E-state index < -0.39 is 0 Å². The number of ether oxygens (including phenoxy) is 2. The van der Waals surface area contributed by atoms with Crippen molar-refractivity contribution in [2.45, 2.75) is 6.42 Å². The molecule has 2 aliphatic rings. The summed E-state index contributed by atoms with van der Waals surface area (Å²) in [5, 5.41) is 6.06. The number of H-pyrrole nitrogens is 1. The normalized spacial score (nSPS) is 16.1. The van der Waals surface area contributed by atoms with E-state index in [-0.39, 0.29) is 17.9 Å². The fourth-order valence-corrected chi connectivity index (χ4v) is 3.15. The van der Waals surface area contributed by atoms with Crippen molar-refractivity contribution in [1.29, 1.82) is 0 Å². The summed E-state index contributed by atoms with van der Waals surface area (Å²) in [6.07, 6.45) is -0.0372. The van der Waals surface area contributed by atoms with E-state index in [1.54, 1.807) is 6.07 Å². The molecular formula is C18H21N5O4. The lowest BCUT2D eigenvalue weighted by Crippen LogP contribution is -2.37. The predicted octanol–water partition coefficient (Wildman–Crippen LogP) is 0.592. The molecule has 3 heterocycles. The lowest BCUT2D eigenvalue weighted by atomic mass is 10.2. The highest BCUT2D eigenvalue weighted by molar-refractivity contribution is 5.94. The lowest BCUT2D eigenvalue weighted by molar-refractivity contribution is -0.115. The van der Waals surface area contributed by atoms with Crippen LogP contribution in [0.3, 0.4) is 0 Å². The molecule has 1 saturated heterocycles. The minimum atomic E-state index is -0.279. The van der Waals surface area contributed by atoms with E-state index in [1.165, 1.54) is 6.07 Å². The van der Waals surface area contributed by atoms with Crippen molar-refractivity contribution in [3.05, 3.63) is 40.4 Å². The zero-order valence-electron chi connectivity index (χ0n) is 14.8. The van der Waals surface area contributed by atoms with Gasteiger partial charge >= 0.3 is 0 Å².